The minimum atomic E-state index is -0.948. The van der Waals surface area contributed by atoms with Gasteiger partial charge in [-0.15, -0.1) is 11.6 Å². The summed E-state index contributed by atoms with van der Waals surface area (Å²) in [5, 5.41) is -0.347. The van der Waals surface area contributed by atoms with Crippen LogP contribution in [0.3, 0.4) is 0 Å². The second kappa shape index (κ2) is 4.74. The van der Waals surface area contributed by atoms with Crippen LogP contribution in [-0.4, -0.2) is 22.8 Å². The number of halogens is 1. The van der Waals surface area contributed by atoms with Crippen molar-refractivity contribution in [2.24, 2.45) is 4.99 Å². The van der Waals surface area contributed by atoms with Crippen molar-refractivity contribution in [3.8, 4) is 0 Å². The Balaban J connectivity index is 2.02. The number of alkyl halides is 1. The number of cyclic esters (lactones) is 1. The summed E-state index contributed by atoms with van der Waals surface area (Å²) >= 11 is 6.45. The lowest BCUT2D eigenvalue weighted by atomic mass is 9.79. The van der Waals surface area contributed by atoms with Gasteiger partial charge in [0.25, 0.3) is 0 Å². The minimum Gasteiger partial charge on any atom is -0.405 e. The highest BCUT2D eigenvalue weighted by molar-refractivity contribution is 6.25. The third-order valence-electron chi connectivity index (χ3n) is 4.13. The molecule has 0 bridgehead atoms. The van der Waals surface area contributed by atoms with Gasteiger partial charge in [-0.2, -0.15) is 0 Å². The number of carbonyl (C=O) groups is 1. The van der Waals surface area contributed by atoms with E-state index in [9.17, 15) is 4.79 Å². The highest BCUT2D eigenvalue weighted by atomic mass is 35.5. The van der Waals surface area contributed by atoms with Crippen molar-refractivity contribution < 1.29 is 9.53 Å². The predicted molar refractivity (Wildman–Crippen MR) is 79.1 cm³/mol. The standard InChI is InChI=1S/C16H16ClNO2/c1-10-8-13(17)16(9-11(10)2)15(19)20-14(18-16)12-6-4-3-5-7-12/h3-7,13H,8-9H2,1-2H3/t13-,16+/m1/s1. The molecule has 2 aliphatic rings. The zero-order valence-electron chi connectivity index (χ0n) is 11.5. The summed E-state index contributed by atoms with van der Waals surface area (Å²) in [5.74, 6) is 0.0526. The largest absolute Gasteiger partial charge is 0.405 e. The maximum atomic E-state index is 12.4. The Morgan fingerprint density at radius 3 is 2.65 bits per heavy atom. The Morgan fingerprint density at radius 1 is 1.25 bits per heavy atom. The van der Waals surface area contributed by atoms with Crippen LogP contribution in [0.1, 0.15) is 32.3 Å². The van der Waals surface area contributed by atoms with Gasteiger partial charge in [-0.25, -0.2) is 9.79 Å². The molecular weight excluding hydrogens is 274 g/mol. The van der Waals surface area contributed by atoms with E-state index >= 15 is 0 Å². The molecule has 104 valence electrons. The van der Waals surface area contributed by atoms with Gasteiger partial charge < -0.3 is 4.74 Å². The van der Waals surface area contributed by atoms with Gasteiger partial charge in [-0.05, 0) is 32.4 Å². The Morgan fingerprint density at radius 2 is 1.95 bits per heavy atom. The van der Waals surface area contributed by atoms with Crippen molar-refractivity contribution in [1.29, 1.82) is 0 Å². The molecule has 1 aliphatic carbocycles. The summed E-state index contributed by atoms with van der Waals surface area (Å²) in [6.45, 7) is 4.09. The SMILES string of the molecule is CC1=C(C)C[C@]2(N=C(c3ccccc3)OC2=O)[C@H](Cl)C1. The molecule has 20 heavy (non-hydrogen) atoms. The number of carbonyl (C=O) groups excluding carboxylic acids is 1. The Bertz CT molecular complexity index is 621. The zero-order chi connectivity index (χ0) is 14.3. The van der Waals surface area contributed by atoms with E-state index in [0.29, 0.717) is 18.7 Å². The third-order valence-corrected chi connectivity index (χ3v) is 4.65. The number of esters is 1. The van der Waals surface area contributed by atoms with Gasteiger partial charge in [0.15, 0.2) is 5.54 Å². The Hall–Kier alpha value is -1.61. The second-order valence-electron chi connectivity index (χ2n) is 5.51. The molecule has 3 nitrogen and oxygen atoms in total. The van der Waals surface area contributed by atoms with Gasteiger partial charge in [0, 0.05) is 12.0 Å². The lowest BCUT2D eigenvalue weighted by Crippen LogP contribution is -2.45. The van der Waals surface area contributed by atoms with Crippen molar-refractivity contribution >= 4 is 23.5 Å². The summed E-state index contributed by atoms with van der Waals surface area (Å²) in [7, 11) is 0. The number of nitrogens with zero attached hydrogens (tertiary/aromatic N) is 1. The van der Waals surface area contributed by atoms with Crippen LogP contribution < -0.4 is 0 Å². The van der Waals surface area contributed by atoms with Gasteiger partial charge >= 0.3 is 5.97 Å². The molecule has 0 N–H and O–H groups in total. The van der Waals surface area contributed by atoms with E-state index in [1.807, 2.05) is 37.3 Å². The fourth-order valence-electron chi connectivity index (χ4n) is 2.72. The molecule has 3 rings (SSSR count). The quantitative estimate of drug-likeness (QED) is 0.451. The summed E-state index contributed by atoms with van der Waals surface area (Å²) in [4.78, 5) is 16.9. The maximum absolute atomic E-state index is 12.4. The normalized spacial score (nSPS) is 29.6. The van der Waals surface area contributed by atoms with Gasteiger partial charge in [-0.1, -0.05) is 29.3 Å². The van der Waals surface area contributed by atoms with E-state index in [0.717, 1.165) is 5.56 Å². The lowest BCUT2D eigenvalue weighted by Gasteiger charge is -2.32. The molecular formula is C16H16ClNO2. The lowest BCUT2D eigenvalue weighted by molar-refractivity contribution is -0.139. The van der Waals surface area contributed by atoms with Crippen LogP contribution in [0.4, 0.5) is 0 Å². The van der Waals surface area contributed by atoms with Crippen LogP contribution in [0.2, 0.25) is 0 Å². The molecule has 1 spiro atoms. The van der Waals surface area contributed by atoms with E-state index in [1.165, 1.54) is 11.1 Å². The number of hydrogen-bond donors (Lipinski definition) is 0. The number of allylic oxidation sites excluding steroid dienone is 1. The van der Waals surface area contributed by atoms with Crippen molar-refractivity contribution in [2.45, 2.75) is 37.6 Å². The molecule has 1 aromatic carbocycles. The Kier molecular flexibility index (Phi) is 3.17. The minimum absolute atomic E-state index is 0.330. The van der Waals surface area contributed by atoms with Crippen molar-refractivity contribution in [3.05, 3.63) is 47.0 Å². The third kappa shape index (κ3) is 1.97. The van der Waals surface area contributed by atoms with Crippen LogP contribution in [0.25, 0.3) is 0 Å². The monoisotopic (exact) mass is 289 g/mol. The number of rotatable bonds is 1. The first kappa shape index (κ1) is 13.4. The molecule has 0 radical (unpaired) electrons. The molecule has 0 amide bonds. The summed E-state index contributed by atoms with van der Waals surface area (Å²) in [5.41, 5.74) is 2.28. The van der Waals surface area contributed by atoms with Crippen LogP contribution in [0.5, 0.6) is 0 Å². The number of hydrogen-bond acceptors (Lipinski definition) is 3. The zero-order valence-corrected chi connectivity index (χ0v) is 12.3. The number of ether oxygens (including phenoxy) is 1. The molecule has 0 saturated heterocycles. The van der Waals surface area contributed by atoms with Gasteiger partial charge in [0.2, 0.25) is 5.90 Å². The topological polar surface area (TPSA) is 38.7 Å². The van der Waals surface area contributed by atoms with Gasteiger partial charge in [0.05, 0.1) is 5.38 Å². The molecule has 0 unspecified atom stereocenters. The van der Waals surface area contributed by atoms with Crippen LogP contribution in [0, 0.1) is 0 Å². The van der Waals surface area contributed by atoms with Gasteiger partial charge in [-0.3, -0.25) is 0 Å². The molecule has 4 heteroatoms. The Labute approximate surface area is 123 Å². The van der Waals surface area contributed by atoms with E-state index in [4.69, 9.17) is 16.3 Å². The maximum Gasteiger partial charge on any atom is 0.342 e. The molecule has 0 fully saturated rings. The van der Waals surface area contributed by atoms with Crippen molar-refractivity contribution in [2.75, 3.05) is 0 Å². The molecule has 1 aromatic rings. The molecule has 0 saturated carbocycles. The first-order valence-electron chi connectivity index (χ1n) is 6.70. The van der Waals surface area contributed by atoms with Crippen LogP contribution in [0.15, 0.2) is 46.5 Å². The van der Waals surface area contributed by atoms with E-state index in [1.54, 1.807) is 0 Å². The first-order chi connectivity index (χ1) is 9.53. The highest BCUT2D eigenvalue weighted by Crippen LogP contribution is 2.42. The second-order valence-corrected chi connectivity index (χ2v) is 6.03. The smallest absolute Gasteiger partial charge is 0.342 e. The molecule has 1 aliphatic heterocycles. The molecule has 1 heterocycles. The first-order valence-corrected chi connectivity index (χ1v) is 7.13. The molecule has 0 aromatic heterocycles. The van der Waals surface area contributed by atoms with Gasteiger partial charge in [0.1, 0.15) is 0 Å². The fraction of sp³-hybridized carbons (Fsp3) is 0.375. The van der Waals surface area contributed by atoms with Crippen LogP contribution in [-0.2, 0) is 9.53 Å². The summed E-state index contributed by atoms with van der Waals surface area (Å²) in [6, 6.07) is 9.46. The van der Waals surface area contributed by atoms with Crippen molar-refractivity contribution in [1.82, 2.24) is 0 Å². The van der Waals surface area contributed by atoms with E-state index < -0.39 is 5.54 Å². The average molecular weight is 290 g/mol. The fourth-order valence-corrected chi connectivity index (χ4v) is 3.16. The van der Waals surface area contributed by atoms with Crippen molar-refractivity contribution in [3.63, 3.8) is 0 Å². The van der Waals surface area contributed by atoms with E-state index in [-0.39, 0.29) is 11.3 Å². The average Bonchev–Trinajstić information content (AvgIpc) is 2.76. The number of aliphatic imine (C=N–C) groups is 1. The predicted octanol–water partition coefficient (Wildman–Crippen LogP) is 3.47. The number of benzene rings is 1. The summed E-state index contributed by atoms with van der Waals surface area (Å²) < 4.78 is 5.40. The highest BCUT2D eigenvalue weighted by Gasteiger charge is 2.53. The van der Waals surface area contributed by atoms with E-state index in [2.05, 4.69) is 11.9 Å². The summed E-state index contributed by atoms with van der Waals surface area (Å²) in [6.07, 6.45) is 1.22. The van der Waals surface area contributed by atoms with Crippen LogP contribution >= 0.6 is 11.6 Å². The molecule has 2 atom stereocenters.